The number of ether oxygens (including phenoxy) is 1. The first kappa shape index (κ1) is 15.0. The zero-order valence-corrected chi connectivity index (χ0v) is 12.5. The molecule has 0 saturated heterocycles. The zero-order chi connectivity index (χ0) is 14.8. The van der Waals surface area contributed by atoms with Crippen LogP contribution in [0.5, 0.6) is 0 Å². The minimum atomic E-state index is -3.43. The zero-order valence-electron chi connectivity index (χ0n) is 11.7. The van der Waals surface area contributed by atoms with Crippen LogP contribution in [0.4, 0.5) is 0 Å². The first-order valence-corrected chi connectivity index (χ1v) is 8.03. The molecule has 0 radical (unpaired) electrons. The molecule has 0 aliphatic heterocycles. The molecule has 1 fully saturated rings. The molecular formula is C14H19NO4S. The summed E-state index contributed by atoms with van der Waals surface area (Å²) < 4.78 is 30.8. The van der Waals surface area contributed by atoms with Crippen molar-refractivity contribution >= 4 is 16.0 Å². The number of rotatable bonds is 5. The van der Waals surface area contributed by atoms with Crippen molar-refractivity contribution in [1.82, 2.24) is 4.31 Å². The Hall–Kier alpha value is -1.40. The van der Waals surface area contributed by atoms with Gasteiger partial charge in [-0.15, -0.1) is 0 Å². The molecule has 1 aliphatic carbocycles. The van der Waals surface area contributed by atoms with Crippen LogP contribution in [0.15, 0.2) is 29.2 Å². The molecule has 110 valence electrons. The van der Waals surface area contributed by atoms with Gasteiger partial charge in [0.15, 0.2) is 0 Å². The summed E-state index contributed by atoms with van der Waals surface area (Å²) in [5.41, 5.74) is 0.738. The van der Waals surface area contributed by atoms with Crippen molar-refractivity contribution in [3.8, 4) is 0 Å². The molecule has 1 aromatic carbocycles. The van der Waals surface area contributed by atoms with Crippen molar-refractivity contribution in [1.29, 1.82) is 0 Å². The molecule has 0 bridgehead atoms. The summed E-state index contributed by atoms with van der Waals surface area (Å²) >= 11 is 0. The van der Waals surface area contributed by atoms with Crippen molar-refractivity contribution < 1.29 is 17.9 Å². The van der Waals surface area contributed by atoms with Gasteiger partial charge in [-0.05, 0) is 30.5 Å². The van der Waals surface area contributed by atoms with Crippen LogP contribution in [0.2, 0.25) is 0 Å². The van der Waals surface area contributed by atoms with Crippen LogP contribution in [0.25, 0.3) is 0 Å². The minimum Gasteiger partial charge on any atom is -0.469 e. The fourth-order valence-electron chi connectivity index (χ4n) is 2.13. The maximum atomic E-state index is 12.4. The topological polar surface area (TPSA) is 63.7 Å². The van der Waals surface area contributed by atoms with Crippen LogP contribution in [0.1, 0.15) is 24.8 Å². The van der Waals surface area contributed by atoms with E-state index >= 15 is 0 Å². The average molecular weight is 297 g/mol. The SMILES string of the molecule is COC(=O)Cc1ccc(S(=O)(=O)N(C)C2CCC2)cc1. The van der Waals surface area contributed by atoms with Crippen molar-refractivity contribution in [3.05, 3.63) is 29.8 Å². The lowest BCUT2D eigenvalue weighted by molar-refractivity contribution is -0.139. The average Bonchev–Trinajstić information content (AvgIpc) is 2.37. The number of hydrogen-bond acceptors (Lipinski definition) is 4. The number of hydrogen-bond donors (Lipinski definition) is 0. The van der Waals surface area contributed by atoms with Crippen LogP contribution in [-0.4, -0.2) is 38.9 Å². The van der Waals surface area contributed by atoms with E-state index in [0.29, 0.717) is 0 Å². The number of methoxy groups -OCH3 is 1. The summed E-state index contributed by atoms with van der Waals surface area (Å²) in [6.07, 6.45) is 3.09. The van der Waals surface area contributed by atoms with Gasteiger partial charge in [-0.25, -0.2) is 8.42 Å². The highest BCUT2D eigenvalue weighted by molar-refractivity contribution is 7.89. The summed E-state index contributed by atoms with van der Waals surface area (Å²) in [5.74, 6) is -0.341. The van der Waals surface area contributed by atoms with E-state index in [9.17, 15) is 13.2 Å². The standard InChI is InChI=1S/C14H19NO4S/c1-15(12-4-3-5-12)20(17,18)13-8-6-11(7-9-13)10-14(16)19-2/h6-9,12H,3-5,10H2,1-2H3. The molecule has 0 unspecified atom stereocenters. The monoisotopic (exact) mass is 297 g/mol. The molecule has 0 spiro atoms. The second-order valence-electron chi connectivity index (χ2n) is 5.00. The molecule has 0 N–H and O–H groups in total. The van der Waals surface area contributed by atoms with Gasteiger partial charge in [0.1, 0.15) is 0 Å². The van der Waals surface area contributed by atoms with Crippen LogP contribution in [0, 0.1) is 0 Å². The van der Waals surface area contributed by atoms with Crippen LogP contribution in [-0.2, 0) is 26.0 Å². The second kappa shape index (κ2) is 5.93. The first-order chi connectivity index (χ1) is 9.45. The van der Waals surface area contributed by atoms with E-state index in [1.54, 1.807) is 31.3 Å². The Labute approximate surface area is 119 Å². The Balaban J connectivity index is 2.14. The largest absolute Gasteiger partial charge is 0.469 e. The third-order valence-corrected chi connectivity index (χ3v) is 5.69. The van der Waals surface area contributed by atoms with Gasteiger partial charge >= 0.3 is 5.97 Å². The second-order valence-corrected chi connectivity index (χ2v) is 7.00. The summed E-state index contributed by atoms with van der Waals surface area (Å²) in [7, 11) is -0.478. The predicted molar refractivity (Wildman–Crippen MR) is 74.7 cm³/mol. The highest BCUT2D eigenvalue weighted by Gasteiger charge is 2.31. The molecule has 6 heteroatoms. The van der Waals surface area contributed by atoms with Crippen molar-refractivity contribution in [2.45, 2.75) is 36.6 Å². The molecular weight excluding hydrogens is 278 g/mol. The van der Waals surface area contributed by atoms with E-state index in [-0.39, 0.29) is 23.3 Å². The molecule has 5 nitrogen and oxygen atoms in total. The molecule has 1 saturated carbocycles. The van der Waals surface area contributed by atoms with Crippen molar-refractivity contribution in [3.63, 3.8) is 0 Å². The van der Waals surface area contributed by atoms with Crippen LogP contribution < -0.4 is 0 Å². The van der Waals surface area contributed by atoms with E-state index in [4.69, 9.17) is 0 Å². The van der Waals surface area contributed by atoms with Gasteiger partial charge in [0.2, 0.25) is 10.0 Å². The molecule has 0 amide bonds. The Morgan fingerprint density at radius 2 is 1.90 bits per heavy atom. The Morgan fingerprint density at radius 1 is 1.30 bits per heavy atom. The summed E-state index contributed by atoms with van der Waals surface area (Å²) in [5, 5.41) is 0. The van der Waals surface area contributed by atoms with E-state index in [1.165, 1.54) is 11.4 Å². The molecule has 0 heterocycles. The number of carbonyl (C=O) groups excluding carboxylic acids is 1. The van der Waals surface area contributed by atoms with Gasteiger partial charge < -0.3 is 4.74 Å². The molecule has 1 aromatic rings. The maximum absolute atomic E-state index is 12.4. The predicted octanol–water partition coefficient (Wildman–Crippen LogP) is 1.58. The van der Waals surface area contributed by atoms with E-state index < -0.39 is 10.0 Å². The van der Waals surface area contributed by atoms with Gasteiger partial charge in [-0.2, -0.15) is 4.31 Å². The Morgan fingerprint density at radius 3 is 2.35 bits per heavy atom. The summed E-state index contributed by atoms with van der Waals surface area (Å²) in [4.78, 5) is 11.4. The normalized spacial score (nSPS) is 15.9. The Kier molecular flexibility index (Phi) is 4.45. The van der Waals surface area contributed by atoms with Gasteiger partial charge in [0.25, 0.3) is 0 Å². The number of nitrogens with zero attached hydrogens (tertiary/aromatic N) is 1. The highest BCUT2D eigenvalue weighted by atomic mass is 32.2. The molecule has 20 heavy (non-hydrogen) atoms. The van der Waals surface area contributed by atoms with E-state index in [1.807, 2.05) is 0 Å². The number of sulfonamides is 1. The van der Waals surface area contributed by atoms with Crippen LogP contribution in [0.3, 0.4) is 0 Å². The van der Waals surface area contributed by atoms with Gasteiger partial charge in [-0.1, -0.05) is 18.6 Å². The molecule has 1 aliphatic rings. The van der Waals surface area contributed by atoms with Crippen molar-refractivity contribution in [2.75, 3.05) is 14.2 Å². The fraction of sp³-hybridized carbons (Fsp3) is 0.500. The lowest BCUT2D eigenvalue weighted by Crippen LogP contribution is -2.41. The van der Waals surface area contributed by atoms with Crippen LogP contribution >= 0.6 is 0 Å². The lowest BCUT2D eigenvalue weighted by atomic mass is 9.94. The summed E-state index contributed by atoms with van der Waals surface area (Å²) in [6.45, 7) is 0. The van der Waals surface area contributed by atoms with Crippen molar-refractivity contribution in [2.24, 2.45) is 0 Å². The third kappa shape index (κ3) is 3.02. The number of benzene rings is 1. The van der Waals surface area contributed by atoms with E-state index in [0.717, 1.165) is 24.8 Å². The quantitative estimate of drug-likeness (QED) is 0.774. The van der Waals surface area contributed by atoms with Gasteiger partial charge in [0, 0.05) is 13.1 Å². The third-order valence-electron chi connectivity index (χ3n) is 3.77. The lowest BCUT2D eigenvalue weighted by Gasteiger charge is -2.33. The number of carbonyl (C=O) groups is 1. The molecule has 0 aromatic heterocycles. The van der Waals surface area contributed by atoms with Gasteiger partial charge in [0.05, 0.1) is 18.4 Å². The fourth-order valence-corrected chi connectivity index (χ4v) is 3.55. The maximum Gasteiger partial charge on any atom is 0.309 e. The number of esters is 1. The first-order valence-electron chi connectivity index (χ1n) is 6.59. The molecule has 0 atom stereocenters. The summed E-state index contributed by atoms with van der Waals surface area (Å²) in [6, 6.07) is 6.51. The van der Waals surface area contributed by atoms with E-state index in [2.05, 4.69) is 4.74 Å². The molecule has 2 rings (SSSR count). The highest BCUT2D eigenvalue weighted by Crippen LogP contribution is 2.28. The van der Waals surface area contributed by atoms with Gasteiger partial charge in [-0.3, -0.25) is 4.79 Å². The smallest absolute Gasteiger partial charge is 0.309 e. The minimum absolute atomic E-state index is 0.120. The Bertz CT molecular complexity index is 576.